The van der Waals surface area contributed by atoms with Gasteiger partial charge in [0.25, 0.3) is 0 Å². The zero-order valence-corrected chi connectivity index (χ0v) is 11.9. The number of benzene rings is 1. The van der Waals surface area contributed by atoms with E-state index >= 15 is 0 Å². The number of para-hydroxylation sites is 1. The lowest BCUT2D eigenvalue weighted by atomic mass is 10.2. The van der Waals surface area contributed by atoms with Crippen LogP contribution in [0.3, 0.4) is 0 Å². The first kappa shape index (κ1) is 14.5. The average Bonchev–Trinajstić information content (AvgIpc) is 2.75. The van der Waals surface area contributed by atoms with Crippen molar-refractivity contribution in [2.75, 3.05) is 11.4 Å². The van der Waals surface area contributed by atoms with Gasteiger partial charge in [-0.15, -0.1) is 0 Å². The van der Waals surface area contributed by atoms with Crippen molar-refractivity contribution >= 4 is 17.2 Å². The Morgan fingerprint density at radius 2 is 2.10 bits per heavy atom. The quantitative estimate of drug-likeness (QED) is 0.622. The van der Waals surface area contributed by atoms with Gasteiger partial charge in [-0.1, -0.05) is 18.2 Å². The molecule has 1 aromatic heterocycles. The summed E-state index contributed by atoms with van der Waals surface area (Å²) in [6.07, 6.45) is 0.260. The second kappa shape index (κ2) is 6.05. The third-order valence-corrected chi connectivity index (χ3v) is 3.11. The van der Waals surface area contributed by atoms with Gasteiger partial charge >= 0.3 is 5.69 Å². The Kier molecular flexibility index (Phi) is 4.18. The summed E-state index contributed by atoms with van der Waals surface area (Å²) in [5.74, 6) is 0.388. The van der Waals surface area contributed by atoms with Crippen LogP contribution in [0.25, 0.3) is 0 Å². The zero-order chi connectivity index (χ0) is 15.4. The van der Waals surface area contributed by atoms with Crippen molar-refractivity contribution in [2.24, 2.45) is 7.05 Å². The summed E-state index contributed by atoms with van der Waals surface area (Å²) in [5, 5.41) is 24.3. The molecular weight excluding hydrogens is 270 g/mol. The topological polar surface area (TPSA) is 88.0 Å². The van der Waals surface area contributed by atoms with Crippen molar-refractivity contribution in [3.63, 3.8) is 0 Å². The van der Waals surface area contributed by atoms with Crippen molar-refractivity contribution in [3.8, 4) is 6.07 Å². The van der Waals surface area contributed by atoms with E-state index in [2.05, 4.69) is 11.2 Å². The Labute approximate surface area is 122 Å². The molecule has 2 aromatic rings. The summed E-state index contributed by atoms with van der Waals surface area (Å²) in [4.78, 5) is 12.6. The molecule has 1 aromatic carbocycles. The number of nitro groups is 1. The van der Waals surface area contributed by atoms with Crippen LogP contribution in [0.4, 0.5) is 17.2 Å². The predicted octanol–water partition coefficient (Wildman–Crippen LogP) is 2.69. The third kappa shape index (κ3) is 2.84. The van der Waals surface area contributed by atoms with Crippen LogP contribution < -0.4 is 4.90 Å². The van der Waals surface area contributed by atoms with Crippen molar-refractivity contribution in [2.45, 2.75) is 13.3 Å². The molecule has 7 heteroatoms. The molecule has 0 aliphatic carbocycles. The Bertz CT molecular complexity index is 687. The van der Waals surface area contributed by atoms with Crippen LogP contribution in [0.5, 0.6) is 0 Å². The molecule has 0 fully saturated rings. The van der Waals surface area contributed by atoms with Crippen molar-refractivity contribution in [1.29, 1.82) is 5.26 Å². The predicted molar refractivity (Wildman–Crippen MR) is 78.3 cm³/mol. The number of rotatable bonds is 5. The smallest absolute Gasteiger partial charge is 0.320 e. The largest absolute Gasteiger partial charge is 0.334 e. The van der Waals surface area contributed by atoms with Gasteiger partial charge in [0.15, 0.2) is 0 Å². The number of anilines is 2. The van der Waals surface area contributed by atoms with E-state index in [0.29, 0.717) is 18.1 Å². The Morgan fingerprint density at radius 3 is 2.67 bits per heavy atom. The van der Waals surface area contributed by atoms with Gasteiger partial charge in [-0.25, -0.2) is 4.68 Å². The molecule has 0 amide bonds. The first-order valence-electron chi connectivity index (χ1n) is 6.43. The van der Waals surface area contributed by atoms with Gasteiger partial charge < -0.3 is 4.90 Å². The molecule has 0 spiro atoms. The molecular formula is C14H15N5O2. The van der Waals surface area contributed by atoms with Gasteiger partial charge in [0.05, 0.1) is 17.4 Å². The van der Waals surface area contributed by atoms with Crippen LogP contribution in [0, 0.1) is 28.4 Å². The van der Waals surface area contributed by atoms with Crippen LogP contribution >= 0.6 is 0 Å². The van der Waals surface area contributed by atoms with E-state index in [4.69, 9.17) is 5.26 Å². The van der Waals surface area contributed by atoms with E-state index in [1.54, 1.807) is 18.9 Å². The second-order valence-corrected chi connectivity index (χ2v) is 4.53. The van der Waals surface area contributed by atoms with Crippen molar-refractivity contribution < 1.29 is 4.92 Å². The zero-order valence-electron chi connectivity index (χ0n) is 11.9. The number of aromatic nitrogens is 2. The molecule has 0 atom stereocenters. The van der Waals surface area contributed by atoms with Gasteiger partial charge in [0.1, 0.15) is 5.69 Å². The summed E-state index contributed by atoms with van der Waals surface area (Å²) in [6, 6.07) is 11.3. The van der Waals surface area contributed by atoms with E-state index in [-0.39, 0.29) is 12.1 Å². The summed E-state index contributed by atoms with van der Waals surface area (Å²) in [6.45, 7) is 1.97. The minimum absolute atomic E-state index is 0.0284. The molecule has 0 unspecified atom stereocenters. The third-order valence-electron chi connectivity index (χ3n) is 3.11. The van der Waals surface area contributed by atoms with Gasteiger partial charge in [0.2, 0.25) is 5.82 Å². The minimum Gasteiger partial charge on any atom is -0.320 e. The molecule has 0 N–H and O–H groups in total. The molecule has 2 rings (SSSR count). The molecule has 0 aliphatic heterocycles. The minimum atomic E-state index is -0.431. The number of hydrogen-bond acceptors (Lipinski definition) is 5. The summed E-state index contributed by atoms with van der Waals surface area (Å²) >= 11 is 0. The molecule has 0 saturated carbocycles. The lowest BCUT2D eigenvalue weighted by molar-refractivity contribution is -0.384. The molecule has 0 bridgehead atoms. The highest BCUT2D eigenvalue weighted by atomic mass is 16.6. The molecule has 7 nitrogen and oxygen atoms in total. The Hall–Kier alpha value is -2.88. The SMILES string of the molecule is Cc1nn(C)c(N(CCC#N)c2ccccc2)c1[N+](=O)[O-]. The van der Waals surface area contributed by atoms with E-state index in [0.717, 1.165) is 5.69 Å². The number of hydrogen-bond donors (Lipinski definition) is 0. The standard InChI is InChI=1S/C14H15N5O2/c1-11-13(19(20)21)14(17(2)16-11)18(10-6-9-15)12-7-4-3-5-8-12/h3-5,7-8H,6,10H2,1-2H3. The lowest BCUT2D eigenvalue weighted by Gasteiger charge is -2.22. The molecule has 0 saturated heterocycles. The van der Waals surface area contributed by atoms with Gasteiger partial charge in [-0.3, -0.25) is 10.1 Å². The van der Waals surface area contributed by atoms with E-state index in [1.807, 2.05) is 30.3 Å². The maximum atomic E-state index is 11.3. The fourth-order valence-corrected chi connectivity index (χ4v) is 2.28. The van der Waals surface area contributed by atoms with E-state index in [9.17, 15) is 10.1 Å². The second-order valence-electron chi connectivity index (χ2n) is 4.53. The number of aryl methyl sites for hydroxylation is 2. The molecule has 0 aliphatic rings. The molecule has 0 radical (unpaired) electrons. The summed E-state index contributed by atoms with van der Waals surface area (Å²) in [7, 11) is 1.66. The molecule has 1 heterocycles. The van der Waals surface area contributed by atoms with Gasteiger partial charge in [0, 0.05) is 19.3 Å². The van der Waals surface area contributed by atoms with Crippen molar-refractivity contribution in [1.82, 2.24) is 9.78 Å². The lowest BCUT2D eigenvalue weighted by Crippen LogP contribution is -2.21. The fourth-order valence-electron chi connectivity index (χ4n) is 2.28. The van der Waals surface area contributed by atoms with Gasteiger partial charge in [-0.05, 0) is 19.1 Å². The van der Waals surface area contributed by atoms with Crippen LogP contribution in [0.2, 0.25) is 0 Å². The first-order chi connectivity index (χ1) is 10.1. The van der Waals surface area contributed by atoms with Crippen molar-refractivity contribution in [3.05, 3.63) is 46.1 Å². The highest BCUT2D eigenvalue weighted by Gasteiger charge is 2.29. The average molecular weight is 285 g/mol. The van der Waals surface area contributed by atoms with Crippen LogP contribution in [-0.2, 0) is 7.05 Å². The van der Waals surface area contributed by atoms with Crippen LogP contribution in [0.15, 0.2) is 30.3 Å². The maximum Gasteiger partial charge on any atom is 0.334 e. The fraction of sp³-hybridized carbons (Fsp3) is 0.286. The maximum absolute atomic E-state index is 11.3. The number of nitrogens with zero attached hydrogens (tertiary/aromatic N) is 5. The monoisotopic (exact) mass is 285 g/mol. The highest BCUT2D eigenvalue weighted by molar-refractivity contribution is 5.70. The summed E-state index contributed by atoms with van der Waals surface area (Å²) < 4.78 is 1.48. The molecule has 108 valence electrons. The normalized spacial score (nSPS) is 10.1. The summed E-state index contributed by atoms with van der Waals surface area (Å²) in [5.41, 5.74) is 1.12. The van der Waals surface area contributed by atoms with E-state index < -0.39 is 4.92 Å². The van der Waals surface area contributed by atoms with Crippen LogP contribution in [0.1, 0.15) is 12.1 Å². The molecule has 21 heavy (non-hydrogen) atoms. The highest BCUT2D eigenvalue weighted by Crippen LogP contribution is 2.35. The Balaban J connectivity index is 2.57. The van der Waals surface area contributed by atoms with Gasteiger partial charge in [-0.2, -0.15) is 10.4 Å². The Morgan fingerprint density at radius 1 is 1.43 bits per heavy atom. The first-order valence-corrected chi connectivity index (χ1v) is 6.43. The number of nitriles is 1. The van der Waals surface area contributed by atoms with E-state index in [1.165, 1.54) is 4.68 Å². The van der Waals surface area contributed by atoms with Crippen LogP contribution in [-0.4, -0.2) is 21.2 Å².